The number of carboxylic acids is 1. The zero-order chi connectivity index (χ0) is 14.2. The molecule has 0 unspecified atom stereocenters. The molecule has 4 nitrogen and oxygen atoms in total. The van der Waals surface area contributed by atoms with Gasteiger partial charge >= 0.3 is 5.97 Å². The summed E-state index contributed by atoms with van der Waals surface area (Å²) in [6, 6.07) is 4.13. The van der Waals surface area contributed by atoms with Crippen molar-refractivity contribution in [2.45, 2.75) is 13.3 Å². The Balaban J connectivity index is 2.22. The Hall–Kier alpha value is -1.43. The molecule has 0 aromatic heterocycles. The third kappa shape index (κ3) is 2.63. The van der Waals surface area contributed by atoms with Crippen molar-refractivity contribution in [2.24, 2.45) is 5.41 Å². The number of rotatable bonds is 2. The molecule has 0 saturated carbocycles. The molecule has 1 amide bonds. The van der Waals surface area contributed by atoms with Crippen LogP contribution in [0.15, 0.2) is 22.7 Å². The van der Waals surface area contributed by atoms with E-state index in [4.69, 9.17) is 5.11 Å². The first-order chi connectivity index (χ1) is 8.83. The first-order valence-electron chi connectivity index (χ1n) is 5.81. The van der Waals surface area contributed by atoms with Gasteiger partial charge in [-0.1, -0.05) is 15.9 Å². The predicted octanol–water partition coefficient (Wildman–Crippen LogP) is 2.53. The summed E-state index contributed by atoms with van der Waals surface area (Å²) in [5.41, 5.74) is -0.984. The van der Waals surface area contributed by atoms with Crippen LogP contribution >= 0.6 is 15.9 Å². The number of nitrogens with zero attached hydrogens (tertiary/aromatic N) is 1. The van der Waals surface area contributed by atoms with Gasteiger partial charge in [-0.15, -0.1) is 0 Å². The number of hydrogen-bond acceptors (Lipinski definition) is 2. The van der Waals surface area contributed by atoms with Gasteiger partial charge in [0.2, 0.25) is 0 Å². The maximum atomic E-state index is 13.6. The summed E-state index contributed by atoms with van der Waals surface area (Å²) in [6.45, 7) is 2.03. The lowest BCUT2D eigenvalue weighted by Crippen LogP contribution is -2.35. The SMILES string of the molecule is C[C@]1(C(=O)O)CCN(C(=O)c2cc(Br)ccc2F)C1. The van der Waals surface area contributed by atoms with Crippen molar-refractivity contribution in [3.8, 4) is 0 Å². The molecule has 19 heavy (non-hydrogen) atoms. The highest BCUT2D eigenvalue weighted by molar-refractivity contribution is 9.10. The van der Waals surface area contributed by atoms with Crippen molar-refractivity contribution >= 4 is 27.8 Å². The molecule has 1 N–H and O–H groups in total. The van der Waals surface area contributed by atoms with E-state index in [2.05, 4.69) is 15.9 Å². The Labute approximate surface area is 118 Å². The normalized spacial score (nSPS) is 22.6. The van der Waals surface area contributed by atoms with Crippen LogP contribution in [0.3, 0.4) is 0 Å². The number of carbonyl (C=O) groups is 2. The molecule has 2 rings (SSSR count). The fourth-order valence-electron chi connectivity index (χ4n) is 2.14. The van der Waals surface area contributed by atoms with Crippen LogP contribution in [-0.2, 0) is 4.79 Å². The van der Waals surface area contributed by atoms with Crippen molar-refractivity contribution < 1.29 is 19.1 Å². The van der Waals surface area contributed by atoms with E-state index in [-0.39, 0.29) is 12.1 Å². The third-order valence-electron chi connectivity index (χ3n) is 3.44. The topological polar surface area (TPSA) is 57.6 Å². The van der Waals surface area contributed by atoms with Crippen LogP contribution in [0.4, 0.5) is 4.39 Å². The summed E-state index contributed by atoms with van der Waals surface area (Å²) in [7, 11) is 0. The van der Waals surface area contributed by atoms with Gasteiger partial charge < -0.3 is 10.0 Å². The first kappa shape index (κ1) is 14.0. The molecular weight excluding hydrogens is 317 g/mol. The monoisotopic (exact) mass is 329 g/mol. The minimum Gasteiger partial charge on any atom is -0.481 e. The van der Waals surface area contributed by atoms with Crippen molar-refractivity contribution in [3.63, 3.8) is 0 Å². The van der Waals surface area contributed by atoms with Gasteiger partial charge in [0.25, 0.3) is 5.91 Å². The lowest BCUT2D eigenvalue weighted by Gasteiger charge is -2.20. The first-order valence-corrected chi connectivity index (χ1v) is 6.60. The molecular formula is C13H13BrFNO3. The number of aliphatic carboxylic acids is 1. The third-order valence-corrected chi connectivity index (χ3v) is 3.93. The quantitative estimate of drug-likeness (QED) is 0.907. The lowest BCUT2D eigenvalue weighted by atomic mass is 9.90. The highest BCUT2D eigenvalue weighted by Crippen LogP contribution is 2.31. The van der Waals surface area contributed by atoms with E-state index in [0.717, 1.165) is 0 Å². The minimum absolute atomic E-state index is 0.0380. The molecule has 1 atom stereocenters. The molecule has 1 fully saturated rings. The molecule has 1 heterocycles. The fraction of sp³-hybridized carbons (Fsp3) is 0.385. The van der Waals surface area contributed by atoms with Crippen LogP contribution in [-0.4, -0.2) is 35.0 Å². The summed E-state index contributed by atoms with van der Waals surface area (Å²) in [5.74, 6) is -2.00. The molecule has 0 bridgehead atoms. The molecule has 0 radical (unpaired) electrons. The van der Waals surface area contributed by atoms with Gasteiger partial charge in [-0.2, -0.15) is 0 Å². The molecule has 1 aliphatic heterocycles. The number of hydrogen-bond donors (Lipinski definition) is 1. The number of carboxylic acid groups (broad SMARTS) is 1. The molecule has 1 aliphatic rings. The second kappa shape index (κ2) is 4.92. The number of amides is 1. The number of halogens is 2. The number of carbonyl (C=O) groups excluding carboxylic acids is 1. The van der Waals surface area contributed by atoms with Crippen molar-refractivity contribution in [1.29, 1.82) is 0 Å². The minimum atomic E-state index is -0.946. The van der Waals surface area contributed by atoms with Crippen LogP contribution in [0, 0.1) is 11.2 Å². The molecule has 0 aliphatic carbocycles. The van der Waals surface area contributed by atoms with Crippen LogP contribution in [0.25, 0.3) is 0 Å². The average Bonchev–Trinajstić information content (AvgIpc) is 2.76. The second-order valence-corrected chi connectivity index (χ2v) is 5.88. The van der Waals surface area contributed by atoms with Gasteiger partial charge in [-0.3, -0.25) is 9.59 Å². The van der Waals surface area contributed by atoms with E-state index >= 15 is 0 Å². The standard InChI is InChI=1S/C13H13BrFNO3/c1-13(12(18)19)4-5-16(7-13)11(17)9-6-8(14)2-3-10(9)15/h2-3,6H,4-5,7H2,1H3,(H,18,19)/t13-/m0/s1. The molecule has 0 spiro atoms. The fourth-order valence-corrected chi connectivity index (χ4v) is 2.50. The summed E-state index contributed by atoms with van der Waals surface area (Å²) >= 11 is 3.19. The van der Waals surface area contributed by atoms with Gasteiger partial charge in [-0.25, -0.2) is 4.39 Å². The molecule has 1 aromatic carbocycles. The van der Waals surface area contributed by atoms with Gasteiger partial charge in [0.05, 0.1) is 11.0 Å². The van der Waals surface area contributed by atoms with E-state index in [0.29, 0.717) is 17.4 Å². The Morgan fingerprint density at radius 3 is 2.74 bits per heavy atom. The van der Waals surface area contributed by atoms with E-state index in [1.165, 1.54) is 23.1 Å². The molecule has 6 heteroatoms. The maximum absolute atomic E-state index is 13.6. The summed E-state index contributed by atoms with van der Waals surface area (Å²) in [4.78, 5) is 24.7. The Morgan fingerprint density at radius 1 is 1.47 bits per heavy atom. The van der Waals surface area contributed by atoms with Gasteiger partial charge in [-0.05, 0) is 31.5 Å². The van der Waals surface area contributed by atoms with E-state index in [1.54, 1.807) is 6.92 Å². The van der Waals surface area contributed by atoms with E-state index in [1.807, 2.05) is 0 Å². The highest BCUT2D eigenvalue weighted by atomic mass is 79.9. The van der Waals surface area contributed by atoms with E-state index in [9.17, 15) is 14.0 Å². The molecule has 102 valence electrons. The van der Waals surface area contributed by atoms with Crippen LogP contribution in [0.2, 0.25) is 0 Å². The summed E-state index contributed by atoms with van der Waals surface area (Å²) < 4.78 is 14.2. The Morgan fingerprint density at radius 2 is 2.16 bits per heavy atom. The lowest BCUT2D eigenvalue weighted by molar-refractivity contribution is -0.147. The zero-order valence-electron chi connectivity index (χ0n) is 10.3. The van der Waals surface area contributed by atoms with Crippen molar-refractivity contribution in [3.05, 3.63) is 34.1 Å². The van der Waals surface area contributed by atoms with E-state index < -0.39 is 23.1 Å². The molecule has 1 saturated heterocycles. The second-order valence-electron chi connectivity index (χ2n) is 4.97. The Kier molecular flexibility index (Phi) is 3.62. The van der Waals surface area contributed by atoms with Crippen LogP contribution in [0.5, 0.6) is 0 Å². The maximum Gasteiger partial charge on any atom is 0.311 e. The summed E-state index contributed by atoms with van der Waals surface area (Å²) in [6.07, 6.45) is 0.379. The van der Waals surface area contributed by atoms with Gasteiger partial charge in [0, 0.05) is 17.6 Å². The summed E-state index contributed by atoms with van der Waals surface area (Å²) in [5, 5.41) is 9.12. The largest absolute Gasteiger partial charge is 0.481 e. The highest BCUT2D eigenvalue weighted by Gasteiger charge is 2.42. The zero-order valence-corrected chi connectivity index (χ0v) is 11.9. The van der Waals surface area contributed by atoms with Gasteiger partial charge in [0.15, 0.2) is 0 Å². The van der Waals surface area contributed by atoms with Crippen molar-refractivity contribution in [2.75, 3.05) is 13.1 Å². The van der Waals surface area contributed by atoms with Crippen LogP contribution < -0.4 is 0 Å². The Bertz CT molecular complexity index is 549. The number of benzene rings is 1. The predicted molar refractivity (Wildman–Crippen MR) is 70.4 cm³/mol. The van der Waals surface area contributed by atoms with Crippen LogP contribution in [0.1, 0.15) is 23.7 Å². The van der Waals surface area contributed by atoms with Gasteiger partial charge in [0.1, 0.15) is 5.82 Å². The molecule has 1 aromatic rings. The number of likely N-dealkylation sites (tertiary alicyclic amines) is 1. The average molecular weight is 330 g/mol. The van der Waals surface area contributed by atoms with Crippen molar-refractivity contribution in [1.82, 2.24) is 4.90 Å². The smallest absolute Gasteiger partial charge is 0.311 e.